The van der Waals surface area contributed by atoms with Crippen LogP contribution in [-0.4, -0.2) is 24.6 Å². The lowest BCUT2D eigenvalue weighted by Gasteiger charge is -2.47. The molecule has 104 valence electrons. The maximum atomic E-state index is 14.0. The molecular weight excluding hydrogens is 251 g/mol. The molecule has 1 aliphatic heterocycles. The number of nitrogen functional groups attached to an aromatic ring is 1. The van der Waals surface area contributed by atoms with Crippen molar-refractivity contribution in [2.75, 3.05) is 12.2 Å². The first-order valence-corrected chi connectivity index (χ1v) is 6.21. The third-order valence-electron chi connectivity index (χ3n) is 3.96. The number of ether oxygens (including phenoxy) is 1. The lowest BCUT2D eigenvalue weighted by atomic mass is 9.58. The molecule has 1 aromatic rings. The summed E-state index contributed by atoms with van der Waals surface area (Å²) >= 11 is 0. The molecule has 1 saturated heterocycles. The van der Waals surface area contributed by atoms with E-state index >= 15 is 0 Å². The van der Waals surface area contributed by atoms with Gasteiger partial charge < -0.3 is 15.1 Å². The van der Waals surface area contributed by atoms with Crippen molar-refractivity contribution >= 4 is 18.1 Å². The smallest absolute Gasteiger partial charge is 0.360 e. The van der Waals surface area contributed by atoms with E-state index in [4.69, 9.17) is 15.1 Å². The second kappa shape index (κ2) is 4.46. The number of nitrogens with two attached hydrogens (primary N) is 1. The Morgan fingerprint density at radius 2 is 1.79 bits per heavy atom. The van der Waals surface area contributed by atoms with Gasteiger partial charge in [-0.05, 0) is 39.8 Å². The van der Waals surface area contributed by atoms with Gasteiger partial charge in [0.1, 0.15) is 11.6 Å². The summed E-state index contributed by atoms with van der Waals surface area (Å²) in [5, 5.41) is 0. The second-order valence-corrected chi connectivity index (χ2v) is 5.80. The molecule has 3 nitrogen and oxygen atoms in total. The molecule has 2 N–H and O–H groups in total. The Morgan fingerprint density at radius 1 is 1.16 bits per heavy atom. The zero-order chi connectivity index (χ0) is 14.4. The Hall–Kier alpha value is -1.14. The van der Waals surface area contributed by atoms with Gasteiger partial charge in [-0.2, -0.15) is 0 Å². The first kappa shape index (κ1) is 14.3. The molecule has 0 unspecified atom stereocenters. The minimum Gasteiger partial charge on any atom is -0.421 e. The third-order valence-corrected chi connectivity index (χ3v) is 3.96. The molecule has 1 fully saturated rings. The van der Waals surface area contributed by atoms with E-state index in [-0.39, 0.29) is 17.7 Å². The second-order valence-electron chi connectivity index (χ2n) is 5.80. The highest BCUT2D eigenvalue weighted by molar-refractivity contribution is 6.67. The van der Waals surface area contributed by atoms with Crippen LogP contribution in [0.1, 0.15) is 27.7 Å². The van der Waals surface area contributed by atoms with Crippen molar-refractivity contribution in [3.8, 4) is 0 Å². The van der Waals surface area contributed by atoms with Crippen molar-refractivity contribution in [1.82, 2.24) is 0 Å². The lowest BCUT2D eigenvalue weighted by molar-refractivity contribution is -0.152. The molecule has 1 heterocycles. The van der Waals surface area contributed by atoms with Crippen LogP contribution in [0.5, 0.6) is 0 Å². The maximum absolute atomic E-state index is 14.0. The highest BCUT2D eigenvalue weighted by Crippen LogP contribution is 2.33. The topological polar surface area (TPSA) is 44.5 Å². The van der Waals surface area contributed by atoms with E-state index < -0.39 is 29.8 Å². The monoisotopic (exact) mass is 269 g/mol. The van der Waals surface area contributed by atoms with Gasteiger partial charge in [-0.1, -0.05) is 0 Å². The zero-order valence-electron chi connectivity index (χ0n) is 11.6. The van der Waals surface area contributed by atoms with Crippen LogP contribution < -0.4 is 11.2 Å². The minimum atomic E-state index is -0.800. The molecule has 0 aromatic heterocycles. The van der Waals surface area contributed by atoms with Crippen molar-refractivity contribution in [2.24, 2.45) is 0 Å². The standard InChI is InChI=1S/C13H18BF2NO2/c1-12(2)13(3,4)19-14(7-18-12)10-8(15)5-6-9(17)11(10)16/h5-6H,7,17H2,1-4H3. The number of benzene rings is 1. The van der Waals surface area contributed by atoms with E-state index in [1.807, 2.05) is 27.7 Å². The summed E-state index contributed by atoms with van der Waals surface area (Å²) in [6.07, 6.45) is 0. The van der Waals surface area contributed by atoms with Crippen molar-refractivity contribution in [2.45, 2.75) is 38.9 Å². The van der Waals surface area contributed by atoms with Crippen molar-refractivity contribution in [3.63, 3.8) is 0 Å². The lowest BCUT2D eigenvalue weighted by Crippen LogP contribution is -2.62. The minimum absolute atomic E-state index is 0.0910. The normalized spacial score (nSPS) is 21.5. The number of hydrogen-bond acceptors (Lipinski definition) is 3. The highest BCUT2D eigenvalue weighted by atomic mass is 19.1. The Labute approximate surface area is 112 Å². The van der Waals surface area contributed by atoms with Gasteiger partial charge in [-0.25, -0.2) is 8.78 Å². The van der Waals surface area contributed by atoms with Crippen molar-refractivity contribution in [3.05, 3.63) is 23.8 Å². The van der Waals surface area contributed by atoms with Crippen LogP contribution in [-0.2, 0) is 9.39 Å². The molecule has 1 aromatic carbocycles. The zero-order valence-corrected chi connectivity index (χ0v) is 11.6. The Morgan fingerprint density at radius 3 is 2.37 bits per heavy atom. The van der Waals surface area contributed by atoms with Crippen LogP contribution in [0.3, 0.4) is 0 Å². The van der Waals surface area contributed by atoms with E-state index in [1.165, 1.54) is 6.07 Å². The molecule has 0 spiro atoms. The maximum Gasteiger partial charge on any atom is 0.360 e. The fourth-order valence-electron chi connectivity index (χ4n) is 2.01. The molecule has 0 bridgehead atoms. The van der Waals surface area contributed by atoms with Crippen molar-refractivity contribution in [1.29, 1.82) is 0 Å². The molecule has 6 heteroatoms. The van der Waals surface area contributed by atoms with Gasteiger partial charge in [-0.3, -0.25) is 0 Å². The van der Waals surface area contributed by atoms with Crippen molar-refractivity contribution < 1.29 is 18.2 Å². The number of anilines is 1. The van der Waals surface area contributed by atoms with Gasteiger partial charge in [0.2, 0.25) is 0 Å². The Bertz CT molecular complexity index is 506. The number of halogens is 2. The SMILES string of the molecule is CC1(C)OCB(c2c(F)ccc(N)c2F)OC1(C)C. The van der Waals surface area contributed by atoms with Gasteiger partial charge in [0.15, 0.2) is 0 Å². The Balaban J connectivity index is 2.38. The van der Waals surface area contributed by atoms with Crippen LogP contribution in [0.15, 0.2) is 12.1 Å². The summed E-state index contributed by atoms with van der Waals surface area (Å²) in [6.45, 7) is 6.73. The summed E-state index contributed by atoms with van der Waals surface area (Å²) in [5.74, 6) is -1.44. The van der Waals surface area contributed by atoms with Crippen LogP contribution in [0.25, 0.3) is 0 Å². The summed E-state index contributed by atoms with van der Waals surface area (Å²) in [4.78, 5) is 0. The van der Waals surface area contributed by atoms with E-state index in [0.29, 0.717) is 0 Å². The molecule has 19 heavy (non-hydrogen) atoms. The fourth-order valence-corrected chi connectivity index (χ4v) is 2.01. The quantitative estimate of drug-likeness (QED) is 0.625. The molecule has 1 aliphatic rings. The summed E-state index contributed by atoms with van der Waals surface area (Å²) < 4.78 is 39.3. The average Bonchev–Trinajstić information content (AvgIpc) is 2.29. The van der Waals surface area contributed by atoms with Crippen LogP contribution >= 0.6 is 0 Å². The molecule has 0 atom stereocenters. The van der Waals surface area contributed by atoms with Gasteiger partial charge in [0.25, 0.3) is 0 Å². The summed E-state index contributed by atoms with van der Waals surface area (Å²) in [6, 6.07) is 2.34. The fraction of sp³-hybridized carbons (Fsp3) is 0.538. The van der Waals surface area contributed by atoms with Crippen LogP contribution in [0.2, 0.25) is 0 Å². The van der Waals surface area contributed by atoms with Gasteiger partial charge >= 0.3 is 6.92 Å². The molecule has 0 saturated carbocycles. The molecule has 0 aliphatic carbocycles. The first-order chi connectivity index (χ1) is 8.66. The molecule has 0 radical (unpaired) electrons. The third kappa shape index (κ3) is 2.34. The van der Waals surface area contributed by atoms with Gasteiger partial charge in [0.05, 0.1) is 23.4 Å². The van der Waals surface area contributed by atoms with E-state index in [1.54, 1.807) is 0 Å². The first-order valence-electron chi connectivity index (χ1n) is 6.21. The summed E-state index contributed by atoms with van der Waals surface area (Å²) in [5.41, 5.74) is 4.02. The van der Waals surface area contributed by atoms with E-state index in [9.17, 15) is 8.78 Å². The van der Waals surface area contributed by atoms with E-state index in [0.717, 1.165) is 6.07 Å². The number of hydrogen-bond donors (Lipinski definition) is 1. The predicted molar refractivity (Wildman–Crippen MR) is 71.4 cm³/mol. The van der Waals surface area contributed by atoms with Gasteiger partial charge in [0, 0.05) is 5.46 Å². The number of rotatable bonds is 1. The summed E-state index contributed by atoms with van der Waals surface area (Å²) in [7, 11) is 0. The molecule has 0 amide bonds. The Kier molecular flexibility index (Phi) is 3.35. The van der Waals surface area contributed by atoms with Gasteiger partial charge in [-0.15, -0.1) is 0 Å². The highest BCUT2D eigenvalue weighted by Gasteiger charge is 2.48. The van der Waals surface area contributed by atoms with E-state index in [2.05, 4.69) is 0 Å². The largest absolute Gasteiger partial charge is 0.421 e. The predicted octanol–water partition coefficient (Wildman–Crippen LogP) is 1.89. The molecular formula is C13H18BF2NO2. The van der Waals surface area contributed by atoms with Crippen LogP contribution in [0, 0.1) is 11.6 Å². The average molecular weight is 269 g/mol. The van der Waals surface area contributed by atoms with Crippen LogP contribution in [0.4, 0.5) is 14.5 Å². The molecule has 2 rings (SSSR count).